The van der Waals surface area contributed by atoms with Crippen LogP contribution < -0.4 is 9.80 Å². The van der Waals surface area contributed by atoms with Crippen LogP contribution >= 0.6 is 11.6 Å². The third-order valence-corrected chi connectivity index (χ3v) is 8.01. The van der Waals surface area contributed by atoms with Crippen molar-refractivity contribution in [1.82, 2.24) is 0 Å². The van der Waals surface area contributed by atoms with Crippen molar-refractivity contribution in [3.8, 4) is 11.1 Å². The van der Waals surface area contributed by atoms with Gasteiger partial charge in [-0.1, -0.05) is 72.8 Å². The van der Waals surface area contributed by atoms with Gasteiger partial charge in [-0.2, -0.15) is 0 Å². The Morgan fingerprint density at radius 3 is 2.08 bits per heavy atom. The SMILES string of the molecule is COC(=O)N(c1cc2c(c3ccccc13)C(CCl)CN2C(=O)OC(C)(C)C)C1c2ccccc2-c2ccccc21. The molecule has 0 spiro atoms. The molecule has 4 aromatic rings. The van der Waals surface area contributed by atoms with Crippen LogP contribution in [0.5, 0.6) is 0 Å². The average molecular weight is 555 g/mol. The fourth-order valence-electron chi connectivity index (χ4n) is 6.09. The minimum absolute atomic E-state index is 0.0809. The molecule has 1 atom stereocenters. The number of rotatable bonds is 3. The molecule has 0 saturated heterocycles. The van der Waals surface area contributed by atoms with Crippen molar-refractivity contribution >= 4 is 45.9 Å². The molecule has 1 heterocycles. The first-order valence-corrected chi connectivity index (χ1v) is 13.9. The second kappa shape index (κ2) is 9.86. The lowest BCUT2D eigenvalue weighted by molar-refractivity contribution is 0.0582. The Labute approximate surface area is 239 Å². The van der Waals surface area contributed by atoms with E-state index in [9.17, 15) is 9.59 Å². The summed E-state index contributed by atoms with van der Waals surface area (Å²) >= 11 is 6.47. The van der Waals surface area contributed by atoms with Crippen LogP contribution in [0.1, 0.15) is 49.4 Å². The summed E-state index contributed by atoms with van der Waals surface area (Å²) in [7, 11) is 1.40. The molecule has 0 saturated carbocycles. The van der Waals surface area contributed by atoms with Crippen molar-refractivity contribution in [1.29, 1.82) is 0 Å². The van der Waals surface area contributed by atoms with Crippen LogP contribution in [0.4, 0.5) is 21.0 Å². The Morgan fingerprint density at radius 2 is 1.50 bits per heavy atom. The first-order chi connectivity index (χ1) is 19.2. The summed E-state index contributed by atoms with van der Waals surface area (Å²) in [4.78, 5) is 30.6. The normalized spacial score (nSPS) is 15.9. The highest BCUT2D eigenvalue weighted by molar-refractivity contribution is 6.19. The maximum Gasteiger partial charge on any atom is 0.414 e. The molecule has 0 N–H and O–H groups in total. The molecule has 0 aromatic heterocycles. The first-order valence-electron chi connectivity index (χ1n) is 13.4. The van der Waals surface area contributed by atoms with Crippen LogP contribution in [0.25, 0.3) is 21.9 Å². The largest absolute Gasteiger partial charge is 0.452 e. The Hall–Kier alpha value is -4.03. The van der Waals surface area contributed by atoms with Crippen molar-refractivity contribution in [2.24, 2.45) is 0 Å². The molecule has 204 valence electrons. The fraction of sp³-hybridized carbons (Fsp3) is 0.273. The van der Waals surface area contributed by atoms with Gasteiger partial charge in [-0.25, -0.2) is 9.59 Å². The molecule has 0 bridgehead atoms. The lowest BCUT2D eigenvalue weighted by Gasteiger charge is -2.32. The minimum Gasteiger partial charge on any atom is -0.452 e. The molecule has 4 aromatic carbocycles. The monoisotopic (exact) mass is 554 g/mol. The van der Waals surface area contributed by atoms with Gasteiger partial charge in [0.1, 0.15) is 5.60 Å². The van der Waals surface area contributed by atoms with Gasteiger partial charge in [0.25, 0.3) is 0 Å². The zero-order valence-corrected chi connectivity index (χ0v) is 23.7. The highest BCUT2D eigenvalue weighted by Crippen LogP contribution is 2.51. The van der Waals surface area contributed by atoms with Gasteiger partial charge in [-0.05, 0) is 60.0 Å². The number of halogens is 1. The molecule has 6 nitrogen and oxygen atoms in total. The molecular weight excluding hydrogens is 524 g/mol. The fourth-order valence-corrected chi connectivity index (χ4v) is 6.34. The van der Waals surface area contributed by atoms with Crippen molar-refractivity contribution in [3.05, 3.63) is 95.6 Å². The topological polar surface area (TPSA) is 59.1 Å². The van der Waals surface area contributed by atoms with Crippen molar-refractivity contribution in [2.75, 3.05) is 29.3 Å². The second-order valence-corrected chi connectivity index (χ2v) is 11.5. The minimum atomic E-state index is -0.661. The number of hydrogen-bond acceptors (Lipinski definition) is 4. The molecule has 1 unspecified atom stereocenters. The molecule has 2 aliphatic rings. The Balaban J connectivity index is 1.61. The Kier molecular flexibility index (Phi) is 6.46. The smallest absolute Gasteiger partial charge is 0.414 e. The van der Waals surface area contributed by atoms with E-state index in [1.54, 1.807) is 9.80 Å². The summed E-state index contributed by atoms with van der Waals surface area (Å²) in [6.45, 7) is 5.94. The van der Waals surface area contributed by atoms with E-state index in [2.05, 4.69) is 24.3 Å². The van der Waals surface area contributed by atoms with E-state index in [-0.39, 0.29) is 5.92 Å². The molecule has 6 rings (SSSR count). The number of alkyl halides is 1. The highest BCUT2D eigenvalue weighted by Gasteiger charge is 2.41. The molecule has 0 radical (unpaired) electrons. The number of fused-ring (bicyclic) bond motifs is 6. The predicted octanol–water partition coefficient (Wildman–Crippen LogP) is 8.26. The Bertz CT molecular complexity index is 1600. The number of anilines is 2. The van der Waals surface area contributed by atoms with Gasteiger partial charge in [-0.3, -0.25) is 9.80 Å². The van der Waals surface area contributed by atoms with Gasteiger partial charge in [0, 0.05) is 23.7 Å². The number of hydrogen-bond donors (Lipinski definition) is 0. The number of nitrogens with zero attached hydrogens (tertiary/aromatic N) is 2. The summed E-state index contributed by atoms with van der Waals surface area (Å²) in [6.07, 6.45) is -0.930. The first kappa shape index (κ1) is 26.2. The maximum atomic E-state index is 13.8. The van der Waals surface area contributed by atoms with Gasteiger partial charge in [0.15, 0.2) is 0 Å². The van der Waals surface area contributed by atoms with E-state index in [1.807, 2.05) is 75.4 Å². The summed E-state index contributed by atoms with van der Waals surface area (Å²) in [5.41, 5.74) is 5.87. The number of benzene rings is 4. The van der Waals surface area contributed by atoms with Crippen LogP contribution in [0, 0.1) is 0 Å². The molecule has 1 aliphatic carbocycles. The third-order valence-electron chi connectivity index (χ3n) is 7.63. The molecule has 2 amide bonds. The van der Waals surface area contributed by atoms with E-state index in [4.69, 9.17) is 21.1 Å². The summed E-state index contributed by atoms with van der Waals surface area (Å²) in [6, 6.07) is 25.8. The molecule has 7 heteroatoms. The van der Waals surface area contributed by atoms with Gasteiger partial charge in [-0.15, -0.1) is 11.6 Å². The van der Waals surface area contributed by atoms with Crippen molar-refractivity contribution in [3.63, 3.8) is 0 Å². The van der Waals surface area contributed by atoms with Crippen LogP contribution in [-0.2, 0) is 9.47 Å². The lowest BCUT2D eigenvalue weighted by Crippen LogP contribution is -2.37. The molecular formula is C33H31ClN2O4. The maximum absolute atomic E-state index is 13.8. The summed E-state index contributed by atoms with van der Waals surface area (Å²) in [5, 5.41) is 1.83. The number of ether oxygens (including phenoxy) is 2. The zero-order chi connectivity index (χ0) is 28.2. The number of carbonyl (C=O) groups is 2. The molecule has 40 heavy (non-hydrogen) atoms. The van der Waals surface area contributed by atoms with E-state index < -0.39 is 23.8 Å². The van der Waals surface area contributed by atoms with Gasteiger partial charge in [0.05, 0.1) is 24.5 Å². The van der Waals surface area contributed by atoms with Crippen LogP contribution in [0.3, 0.4) is 0 Å². The van der Waals surface area contributed by atoms with E-state index in [1.165, 1.54) is 7.11 Å². The van der Waals surface area contributed by atoms with Crippen LogP contribution in [0.15, 0.2) is 78.9 Å². The van der Waals surface area contributed by atoms with Gasteiger partial charge in [0.2, 0.25) is 0 Å². The quantitative estimate of drug-likeness (QED) is 0.239. The zero-order valence-electron chi connectivity index (χ0n) is 23.0. The van der Waals surface area contributed by atoms with E-state index >= 15 is 0 Å². The third kappa shape index (κ3) is 4.18. The van der Waals surface area contributed by atoms with E-state index in [0.717, 1.165) is 38.6 Å². The molecule has 1 aliphatic heterocycles. The van der Waals surface area contributed by atoms with Gasteiger partial charge < -0.3 is 9.47 Å². The van der Waals surface area contributed by atoms with Crippen LogP contribution in [0.2, 0.25) is 0 Å². The Morgan fingerprint density at radius 1 is 0.925 bits per heavy atom. The van der Waals surface area contributed by atoms with Gasteiger partial charge >= 0.3 is 12.2 Å². The number of amides is 2. The molecule has 0 fully saturated rings. The standard InChI is InChI=1S/C33H31ClN2O4/c1-33(2,3)40-31(37)35-19-20(18-34)29-24-14-8-7-13-23(24)27(17-28(29)35)36(32(38)39-4)30-25-15-9-5-11-21(25)22-12-6-10-16-26(22)30/h5-17,20,30H,18-19H2,1-4H3. The van der Waals surface area contributed by atoms with E-state index in [0.29, 0.717) is 23.8 Å². The predicted molar refractivity (Wildman–Crippen MR) is 160 cm³/mol. The summed E-state index contributed by atoms with van der Waals surface area (Å²) < 4.78 is 11.2. The number of carbonyl (C=O) groups excluding carboxylic acids is 2. The van der Waals surface area contributed by atoms with Crippen LogP contribution in [-0.4, -0.2) is 37.3 Å². The second-order valence-electron chi connectivity index (χ2n) is 11.2. The average Bonchev–Trinajstić information content (AvgIpc) is 3.49. The van der Waals surface area contributed by atoms with Crippen molar-refractivity contribution in [2.45, 2.75) is 38.3 Å². The summed E-state index contributed by atoms with van der Waals surface area (Å²) in [5.74, 6) is 0.266. The lowest BCUT2D eigenvalue weighted by atomic mass is 9.93. The van der Waals surface area contributed by atoms with Crippen molar-refractivity contribution < 1.29 is 19.1 Å². The highest BCUT2D eigenvalue weighted by atomic mass is 35.5. The number of methoxy groups -OCH3 is 1.